The molecule has 0 aliphatic carbocycles. The maximum Gasteiger partial charge on any atom is 0.0972 e. The Balaban J connectivity index is 3.03. The number of hydrogen-bond donors (Lipinski definition) is 1. The maximum atomic E-state index is 8.08. The zero-order valence-corrected chi connectivity index (χ0v) is 4.65. The number of hydrogen-bond acceptors (Lipinski definition) is 1. The molecule has 0 radical (unpaired) electrons. The molecule has 0 aromatic carbocycles. The lowest BCUT2D eigenvalue weighted by molar-refractivity contribution is -0.418. The van der Waals surface area contributed by atoms with Crippen LogP contribution in [0.5, 0.6) is 0 Å². The molecule has 0 aliphatic rings. The van der Waals surface area contributed by atoms with Crippen molar-refractivity contribution in [2.45, 2.75) is 25.8 Å². The van der Waals surface area contributed by atoms with Gasteiger partial charge in [-0.1, -0.05) is 6.92 Å². The Bertz CT molecular complexity index is 72.6. The second-order valence-electron chi connectivity index (χ2n) is 1.64. The Labute approximate surface area is 43.9 Å². The van der Waals surface area contributed by atoms with Gasteiger partial charge in [-0.3, -0.25) is 0 Å². The smallest absolute Gasteiger partial charge is 0.0972 e. The Hall–Kier alpha value is -0.550. The normalized spacial score (nSPS) is 12.7. The van der Waals surface area contributed by atoms with Crippen LogP contribution in [0, 0.1) is 11.3 Å². The van der Waals surface area contributed by atoms with Crippen molar-refractivity contribution < 1.29 is 5.73 Å². The molecule has 0 spiro atoms. The van der Waals surface area contributed by atoms with Crippen LogP contribution in [0.25, 0.3) is 0 Å². The van der Waals surface area contributed by atoms with Gasteiger partial charge in [0.25, 0.3) is 0 Å². The predicted octanol–water partition coefficient (Wildman–Crippen LogP) is -0.0794. The molecule has 0 saturated heterocycles. The van der Waals surface area contributed by atoms with Crippen LogP contribution in [0.4, 0.5) is 0 Å². The molecule has 0 aromatic rings. The number of nitrogens with zero attached hydrogens (tertiary/aromatic N) is 1. The Morgan fingerprint density at radius 2 is 2.43 bits per heavy atom. The number of nitriles is 1. The highest BCUT2D eigenvalue weighted by molar-refractivity contribution is 4.72. The molecule has 0 fully saturated rings. The van der Waals surface area contributed by atoms with Gasteiger partial charge < -0.3 is 5.73 Å². The molecular formula is C5H11N2+. The minimum Gasteiger partial charge on any atom is -0.354 e. The van der Waals surface area contributed by atoms with Crippen LogP contribution in [0.2, 0.25) is 0 Å². The highest BCUT2D eigenvalue weighted by Crippen LogP contribution is 1.85. The first-order valence-corrected chi connectivity index (χ1v) is 2.51. The van der Waals surface area contributed by atoms with Crippen LogP contribution in [-0.2, 0) is 0 Å². The molecule has 0 aliphatic heterocycles. The summed E-state index contributed by atoms with van der Waals surface area (Å²) >= 11 is 0. The SMILES string of the molecule is CCC([NH3+])CC#N. The zero-order valence-electron chi connectivity index (χ0n) is 4.65. The fraction of sp³-hybridized carbons (Fsp3) is 0.800. The van der Waals surface area contributed by atoms with E-state index < -0.39 is 0 Å². The molecule has 0 amide bonds. The van der Waals surface area contributed by atoms with Crippen LogP contribution in [0.15, 0.2) is 0 Å². The number of rotatable bonds is 2. The summed E-state index contributed by atoms with van der Waals surface area (Å²) in [4.78, 5) is 0. The van der Waals surface area contributed by atoms with E-state index in [0.29, 0.717) is 12.5 Å². The lowest BCUT2D eigenvalue weighted by Gasteiger charge is -1.93. The molecule has 2 nitrogen and oxygen atoms in total. The van der Waals surface area contributed by atoms with Crippen molar-refractivity contribution in [1.29, 1.82) is 5.26 Å². The lowest BCUT2D eigenvalue weighted by Crippen LogP contribution is -2.60. The third-order valence-corrected chi connectivity index (χ3v) is 0.957. The molecule has 2 heteroatoms. The monoisotopic (exact) mass is 99.1 g/mol. The molecule has 0 saturated carbocycles. The first-order chi connectivity index (χ1) is 3.31. The minimum absolute atomic E-state index is 0.338. The fourth-order valence-corrected chi connectivity index (χ4v) is 0.273. The highest BCUT2D eigenvalue weighted by Gasteiger charge is 1.97. The molecule has 0 rings (SSSR count). The number of quaternary nitrogens is 1. The summed E-state index contributed by atoms with van der Waals surface area (Å²) in [6, 6.07) is 2.39. The molecule has 1 unspecified atom stereocenters. The Morgan fingerprint density at radius 1 is 1.86 bits per heavy atom. The molecule has 0 heterocycles. The molecule has 40 valence electrons. The standard InChI is InChI=1S/C5H10N2/c1-2-5(7)3-4-6/h5H,2-3,7H2,1H3/p+1. The van der Waals surface area contributed by atoms with Gasteiger partial charge in [-0.15, -0.1) is 0 Å². The van der Waals surface area contributed by atoms with E-state index in [1.54, 1.807) is 0 Å². The minimum atomic E-state index is 0.338. The van der Waals surface area contributed by atoms with Gasteiger partial charge in [0.05, 0.1) is 18.5 Å². The van der Waals surface area contributed by atoms with E-state index in [9.17, 15) is 0 Å². The van der Waals surface area contributed by atoms with Gasteiger partial charge in [0.2, 0.25) is 0 Å². The predicted molar refractivity (Wildman–Crippen MR) is 27.2 cm³/mol. The quantitative estimate of drug-likeness (QED) is 0.517. The highest BCUT2D eigenvalue weighted by atomic mass is 14.6. The summed E-state index contributed by atoms with van der Waals surface area (Å²) in [7, 11) is 0. The van der Waals surface area contributed by atoms with Crippen molar-refractivity contribution in [1.82, 2.24) is 0 Å². The van der Waals surface area contributed by atoms with E-state index in [-0.39, 0.29) is 0 Å². The molecular weight excluding hydrogens is 88.1 g/mol. The van der Waals surface area contributed by atoms with Crippen LogP contribution in [0.1, 0.15) is 19.8 Å². The van der Waals surface area contributed by atoms with Gasteiger partial charge in [-0.2, -0.15) is 5.26 Å². The van der Waals surface area contributed by atoms with E-state index in [0.717, 1.165) is 6.42 Å². The van der Waals surface area contributed by atoms with Crippen molar-refractivity contribution >= 4 is 0 Å². The van der Waals surface area contributed by atoms with E-state index in [4.69, 9.17) is 5.26 Å². The van der Waals surface area contributed by atoms with Crippen molar-refractivity contribution in [3.05, 3.63) is 0 Å². The zero-order chi connectivity index (χ0) is 5.70. The van der Waals surface area contributed by atoms with E-state index >= 15 is 0 Å². The second kappa shape index (κ2) is 3.63. The summed E-state index contributed by atoms with van der Waals surface area (Å²) in [6.07, 6.45) is 1.60. The van der Waals surface area contributed by atoms with E-state index in [2.05, 4.69) is 11.8 Å². The van der Waals surface area contributed by atoms with Crippen molar-refractivity contribution in [2.24, 2.45) is 0 Å². The molecule has 0 aromatic heterocycles. The first kappa shape index (κ1) is 6.45. The van der Waals surface area contributed by atoms with Gasteiger partial charge in [-0.25, -0.2) is 0 Å². The first-order valence-electron chi connectivity index (χ1n) is 2.51. The van der Waals surface area contributed by atoms with Crippen LogP contribution in [-0.4, -0.2) is 6.04 Å². The largest absolute Gasteiger partial charge is 0.354 e. The summed E-state index contributed by atoms with van der Waals surface area (Å²) in [5.41, 5.74) is 3.72. The average Bonchev–Trinajstić information content (AvgIpc) is 1.68. The van der Waals surface area contributed by atoms with E-state index in [1.165, 1.54) is 0 Å². The van der Waals surface area contributed by atoms with E-state index in [1.807, 2.05) is 6.92 Å². The van der Waals surface area contributed by atoms with Gasteiger partial charge in [-0.05, 0) is 6.42 Å². The van der Waals surface area contributed by atoms with Gasteiger partial charge >= 0.3 is 0 Å². The summed E-state index contributed by atoms with van der Waals surface area (Å²) < 4.78 is 0. The van der Waals surface area contributed by atoms with Gasteiger partial charge in [0, 0.05) is 0 Å². The fourth-order valence-electron chi connectivity index (χ4n) is 0.273. The lowest BCUT2D eigenvalue weighted by atomic mass is 10.2. The van der Waals surface area contributed by atoms with Crippen LogP contribution >= 0.6 is 0 Å². The third-order valence-electron chi connectivity index (χ3n) is 0.957. The second-order valence-corrected chi connectivity index (χ2v) is 1.64. The average molecular weight is 99.2 g/mol. The molecule has 7 heavy (non-hydrogen) atoms. The Kier molecular flexibility index (Phi) is 3.35. The van der Waals surface area contributed by atoms with Crippen LogP contribution in [0.3, 0.4) is 0 Å². The summed E-state index contributed by atoms with van der Waals surface area (Å²) in [5.74, 6) is 0. The summed E-state index contributed by atoms with van der Waals surface area (Å²) in [6.45, 7) is 2.04. The molecule has 3 N–H and O–H groups in total. The third kappa shape index (κ3) is 3.28. The Morgan fingerprint density at radius 3 is 2.57 bits per heavy atom. The maximum absolute atomic E-state index is 8.08. The molecule has 1 atom stereocenters. The van der Waals surface area contributed by atoms with Crippen molar-refractivity contribution in [3.63, 3.8) is 0 Å². The topological polar surface area (TPSA) is 51.4 Å². The summed E-state index contributed by atoms with van der Waals surface area (Å²) in [5, 5.41) is 8.08. The van der Waals surface area contributed by atoms with Crippen molar-refractivity contribution in [2.75, 3.05) is 0 Å². The van der Waals surface area contributed by atoms with Crippen LogP contribution < -0.4 is 5.73 Å². The van der Waals surface area contributed by atoms with Crippen molar-refractivity contribution in [3.8, 4) is 6.07 Å². The molecule has 0 bridgehead atoms. The van der Waals surface area contributed by atoms with Gasteiger partial charge in [0.15, 0.2) is 0 Å². The van der Waals surface area contributed by atoms with Gasteiger partial charge in [0.1, 0.15) is 0 Å².